The average Bonchev–Trinajstić information content (AvgIpc) is 1.93. The highest BCUT2D eigenvalue weighted by Crippen LogP contribution is 2.19. The second-order valence-corrected chi connectivity index (χ2v) is 3.96. The smallest absolute Gasteiger partial charge is 0.00131 e. The van der Waals surface area contributed by atoms with E-state index in [9.17, 15) is 0 Å². The molecule has 0 amide bonds. The molecule has 1 atom stereocenters. The van der Waals surface area contributed by atoms with Crippen LogP contribution in [0.4, 0.5) is 0 Å². The molecule has 0 saturated carbocycles. The lowest BCUT2D eigenvalue weighted by atomic mass is 9.91. The van der Waals surface area contributed by atoms with Crippen LogP contribution >= 0.6 is 24.8 Å². The second-order valence-electron chi connectivity index (χ2n) is 3.96. The zero-order valence-electron chi connectivity index (χ0n) is 8.53. The van der Waals surface area contributed by atoms with Crippen molar-refractivity contribution >= 4 is 24.8 Å². The van der Waals surface area contributed by atoms with E-state index in [1.807, 2.05) is 0 Å². The van der Waals surface area contributed by atoms with Crippen molar-refractivity contribution in [2.75, 3.05) is 20.1 Å². The van der Waals surface area contributed by atoms with E-state index in [4.69, 9.17) is 5.73 Å². The lowest BCUT2D eigenvalue weighted by molar-refractivity contribution is 0.207. The van der Waals surface area contributed by atoms with Crippen molar-refractivity contribution in [3.05, 3.63) is 0 Å². The van der Waals surface area contributed by atoms with E-state index in [1.54, 1.807) is 0 Å². The van der Waals surface area contributed by atoms with Crippen LogP contribution in [0.1, 0.15) is 26.2 Å². The third kappa shape index (κ3) is 6.55. The molecule has 82 valence electrons. The molecule has 0 aromatic rings. The van der Waals surface area contributed by atoms with Crippen molar-refractivity contribution < 1.29 is 0 Å². The molecule has 1 rings (SSSR count). The fraction of sp³-hybridized carbons (Fsp3) is 1.00. The summed E-state index contributed by atoms with van der Waals surface area (Å²) in [7, 11) is 2.20. The predicted octanol–water partition coefficient (Wildman–Crippen LogP) is 1.91. The molecule has 2 nitrogen and oxygen atoms in total. The van der Waals surface area contributed by atoms with Gasteiger partial charge in [-0.05, 0) is 52.2 Å². The molecule has 1 unspecified atom stereocenters. The number of halogens is 2. The van der Waals surface area contributed by atoms with Crippen LogP contribution in [0.3, 0.4) is 0 Å². The molecule has 1 aliphatic heterocycles. The largest absolute Gasteiger partial charge is 0.328 e. The van der Waals surface area contributed by atoms with Crippen molar-refractivity contribution in [2.45, 2.75) is 32.2 Å². The van der Waals surface area contributed by atoms with Gasteiger partial charge >= 0.3 is 0 Å². The van der Waals surface area contributed by atoms with Crippen molar-refractivity contribution in [3.8, 4) is 0 Å². The standard InChI is InChI=1S/C9H20N2.2ClH/c1-8(10)7-9-3-5-11(2)6-4-9;;/h8-9H,3-7,10H2,1-2H3;2*1H. The number of hydrogen-bond donors (Lipinski definition) is 1. The Bertz CT molecular complexity index is 112. The average molecular weight is 229 g/mol. The van der Waals surface area contributed by atoms with Gasteiger partial charge in [-0.1, -0.05) is 0 Å². The van der Waals surface area contributed by atoms with Crippen LogP contribution in [0.2, 0.25) is 0 Å². The number of nitrogens with two attached hydrogens (primary N) is 1. The van der Waals surface area contributed by atoms with Gasteiger partial charge in [-0.3, -0.25) is 0 Å². The first-order chi connectivity index (χ1) is 5.18. The molecule has 2 N–H and O–H groups in total. The highest BCUT2D eigenvalue weighted by Gasteiger charge is 2.17. The molecule has 1 fully saturated rings. The summed E-state index contributed by atoms with van der Waals surface area (Å²) >= 11 is 0. The first kappa shape index (κ1) is 15.9. The lowest BCUT2D eigenvalue weighted by Crippen LogP contribution is -2.32. The summed E-state index contributed by atoms with van der Waals surface area (Å²) < 4.78 is 0. The molecule has 1 heterocycles. The summed E-state index contributed by atoms with van der Waals surface area (Å²) in [6, 6.07) is 0.392. The van der Waals surface area contributed by atoms with Gasteiger partial charge in [0, 0.05) is 6.04 Å². The molecule has 0 bridgehead atoms. The highest BCUT2D eigenvalue weighted by molar-refractivity contribution is 5.85. The van der Waals surface area contributed by atoms with Gasteiger partial charge in [0.05, 0.1) is 0 Å². The molecule has 0 aromatic carbocycles. The zero-order chi connectivity index (χ0) is 8.27. The molecule has 13 heavy (non-hydrogen) atoms. The molecule has 1 aliphatic rings. The van der Waals surface area contributed by atoms with Gasteiger partial charge in [0.25, 0.3) is 0 Å². The minimum absolute atomic E-state index is 0. The Labute approximate surface area is 94.1 Å². The minimum atomic E-state index is 0. The monoisotopic (exact) mass is 228 g/mol. The molecule has 4 heteroatoms. The summed E-state index contributed by atoms with van der Waals surface area (Å²) in [5.41, 5.74) is 5.74. The summed E-state index contributed by atoms with van der Waals surface area (Å²) in [6.45, 7) is 4.63. The molecule has 0 aliphatic carbocycles. The maximum atomic E-state index is 5.74. The van der Waals surface area contributed by atoms with E-state index in [0.717, 1.165) is 5.92 Å². The SMILES string of the molecule is CC(N)CC1CCN(C)CC1.Cl.Cl. The van der Waals surface area contributed by atoms with Crippen LogP contribution in [0.25, 0.3) is 0 Å². The van der Waals surface area contributed by atoms with Crippen molar-refractivity contribution in [1.82, 2.24) is 4.90 Å². The fourth-order valence-electron chi connectivity index (χ4n) is 1.82. The molecule has 0 radical (unpaired) electrons. The molecule has 0 spiro atoms. The number of hydrogen-bond acceptors (Lipinski definition) is 2. The molecular formula is C9H22Cl2N2. The van der Waals surface area contributed by atoms with Gasteiger partial charge in [-0.25, -0.2) is 0 Å². The van der Waals surface area contributed by atoms with Crippen molar-refractivity contribution in [2.24, 2.45) is 11.7 Å². The fourth-order valence-corrected chi connectivity index (χ4v) is 1.82. The third-order valence-corrected chi connectivity index (χ3v) is 2.54. The van der Waals surface area contributed by atoms with Crippen LogP contribution in [0.15, 0.2) is 0 Å². The molecule has 1 saturated heterocycles. The number of nitrogens with zero attached hydrogens (tertiary/aromatic N) is 1. The van der Waals surface area contributed by atoms with Gasteiger partial charge in [-0.15, -0.1) is 24.8 Å². The van der Waals surface area contributed by atoms with Gasteiger partial charge in [-0.2, -0.15) is 0 Å². The quantitative estimate of drug-likeness (QED) is 0.783. The molecule has 0 aromatic heterocycles. The van der Waals surface area contributed by atoms with Crippen LogP contribution in [-0.2, 0) is 0 Å². The summed E-state index contributed by atoms with van der Waals surface area (Å²) in [5.74, 6) is 0.895. The second kappa shape index (κ2) is 7.86. The summed E-state index contributed by atoms with van der Waals surface area (Å²) in [6.07, 6.45) is 3.91. The Hall–Kier alpha value is 0.500. The van der Waals surface area contributed by atoms with Gasteiger partial charge in [0.15, 0.2) is 0 Å². The Kier molecular flexibility index (Phi) is 9.65. The van der Waals surface area contributed by atoms with Crippen LogP contribution in [0, 0.1) is 5.92 Å². The topological polar surface area (TPSA) is 29.3 Å². The highest BCUT2D eigenvalue weighted by atomic mass is 35.5. The maximum Gasteiger partial charge on any atom is 0.00131 e. The first-order valence-corrected chi connectivity index (χ1v) is 4.62. The van der Waals surface area contributed by atoms with Gasteiger partial charge in [0.2, 0.25) is 0 Å². The van der Waals surface area contributed by atoms with Crippen LogP contribution < -0.4 is 5.73 Å². The van der Waals surface area contributed by atoms with Crippen LogP contribution in [0.5, 0.6) is 0 Å². The minimum Gasteiger partial charge on any atom is -0.328 e. The zero-order valence-corrected chi connectivity index (χ0v) is 10.2. The van der Waals surface area contributed by atoms with Gasteiger partial charge < -0.3 is 10.6 Å². The third-order valence-electron chi connectivity index (χ3n) is 2.54. The molecular weight excluding hydrogens is 207 g/mol. The number of piperidine rings is 1. The number of likely N-dealkylation sites (tertiary alicyclic amines) is 1. The number of rotatable bonds is 2. The Morgan fingerprint density at radius 3 is 2.15 bits per heavy atom. The first-order valence-electron chi connectivity index (χ1n) is 4.62. The normalized spacial score (nSPS) is 21.5. The van der Waals surface area contributed by atoms with Gasteiger partial charge in [0.1, 0.15) is 0 Å². The van der Waals surface area contributed by atoms with E-state index >= 15 is 0 Å². The maximum absolute atomic E-state index is 5.74. The van der Waals surface area contributed by atoms with Crippen molar-refractivity contribution in [1.29, 1.82) is 0 Å². The van der Waals surface area contributed by atoms with E-state index in [-0.39, 0.29) is 24.8 Å². The van der Waals surface area contributed by atoms with E-state index in [1.165, 1.54) is 32.4 Å². The Balaban J connectivity index is 0. The van der Waals surface area contributed by atoms with E-state index in [0.29, 0.717) is 6.04 Å². The lowest BCUT2D eigenvalue weighted by Gasteiger charge is -2.29. The summed E-state index contributed by atoms with van der Waals surface area (Å²) in [5, 5.41) is 0. The van der Waals surface area contributed by atoms with E-state index < -0.39 is 0 Å². The van der Waals surface area contributed by atoms with Crippen LogP contribution in [-0.4, -0.2) is 31.1 Å². The summed E-state index contributed by atoms with van der Waals surface area (Å²) in [4.78, 5) is 2.40. The van der Waals surface area contributed by atoms with Crippen molar-refractivity contribution in [3.63, 3.8) is 0 Å². The predicted molar refractivity (Wildman–Crippen MR) is 63.0 cm³/mol. The Morgan fingerprint density at radius 1 is 1.31 bits per heavy atom. The Morgan fingerprint density at radius 2 is 1.77 bits per heavy atom. The van der Waals surface area contributed by atoms with E-state index in [2.05, 4.69) is 18.9 Å².